The van der Waals surface area contributed by atoms with Crippen LogP contribution in [0.2, 0.25) is 0 Å². The number of rotatable bonds is 7. The van der Waals surface area contributed by atoms with Gasteiger partial charge >= 0.3 is 6.18 Å². The largest absolute Gasteiger partial charge is 0.417 e. The fourth-order valence-corrected chi connectivity index (χ4v) is 2.29. The minimum atomic E-state index is -4.68. The molecule has 1 amide bonds. The van der Waals surface area contributed by atoms with Crippen LogP contribution >= 0.6 is 0 Å². The zero-order valence-electron chi connectivity index (χ0n) is 14.0. The summed E-state index contributed by atoms with van der Waals surface area (Å²) in [7, 11) is 0. The van der Waals surface area contributed by atoms with E-state index in [-0.39, 0.29) is 30.0 Å². The third kappa shape index (κ3) is 5.84. The number of carbonyl (C=O) groups excluding carboxylic acids is 1. The van der Waals surface area contributed by atoms with Crippen LogP contribution in [0.15, 0.2) is 60.7 Å². The summed E-state index contributed by atoms with van der Waals surface area (Å²) in [4.78, 5) is 22.2. The van der Waals surface area contributed by atoms with Crippen molar-refractivity contribution in [3.8, 4) is 0 Å². The van der Waals surface area contributed by atoms with Crippen LogP contribution in [-0.4, -0.2) is 30.1 Å². The van der Waals surface area contributed by atoms with Gasteiger partial charge in [0.25, 0.3) is 5.69 Å². The summed E-state index contributed by atoms with van der Waals surface area (Å²) in [5.74, 6) is -0.907. The van der Waals surface area contributed by atoms with Gasteiger partial charge in [-0.05, 0) is 11.6 Å². The molecule has 142 valence electrons. The van der Waals surface area contributed by atoms with E-state index in [0.29, 0.717) is 6.08 Å². The van der Waals surface area contributed by atoms with Crippen LogP contribution < -0.4 is 10.6 Å². The topological polar surface area (TPSA) is 84.3 Å². The average molecular weight is 379 g/mol. The number of anilines is 1. The SMILES string of the molecule is O=C(/C=C(/c1ccccc1)C(F)(F)F)NCCNc1ccccc1[N+](=O)[O-]. The first-order chi connectivity index (χ1) is 12.8. The normalized spacial score (nSPS) is 11.7. The quantitative estimate of drug-likeness (QED) is 0.332. The molecule has 9 heteroatoms. The van der Waals surface area contributed by atoms with Gasteiger partial charge in [-0.25, -0.2) is 0 Å². The van der Waals surface area contributed by atoms with Crippen molar-refractivity contribution < 1.29 is 22.9 Å². The van der Waals surface area contributed by atoms with E-state index in [4.69, 9.17) is 0 Å². The van der Waals surface area contributed by atoms with Gasteiger partial charge in [0.05, 0.1) is 10.5 Å². The van der Waals surface area contributed by atoms with Crippen molar-refractivity contribution in [2.75, 3.05) is 18.4 Å². The summed E-state index contributed by atoms with van der Waals surface area (Å²) in [6, 6.07) is 12.9. The van der Waals surface area contributed by atoms with Gasteiger partial charge < -0.3 is 10.6 Å². The van der Waals surface area contributed by atoms with Crippen molar-refractivity contribution in [3.05, 3.63) is 76.4 Å². The Morgan fingerprint density at radius 3 is 2.30 bits per heavy atom. The van der Waals surface area contributed by atoms with E-state index in [0.717, 1.165) is 0 Å². The van der Waals surface area contributed by atoms with Gasteiger partial charge in [0, 0.05) is 25.2 Å². The summed E-state index contributed by atoms with van der Waals surface area (Å²) < 4.78 is 39.5. The molecule has 0 bridgehead atoms. The van der Waals surface area contributed by atoms with Gasteiger partial charge in [0.15, 0.2) is 0 Å². The van der Waals surface area contributed by atoms with Gasteiger partial charge in [0.1, 0.15) is 5.69 Å². The number of carbonyl (C=O) groups is 1. The van der Waals surface area contributed by atoms with Crippen molar-refractivity contribution in [1.29, 1.82) is 0 Å². The fourth-order valence-electron chi connectivity index (χ4n) is 2.29. The zero-order valence-corrected chi connectivity index (χ0v) is 14.0. The molecule has 0 aliphatic heterocycles. The Bertz CT molecular complexity index is 836. The molecule has 0 aliphatic carbocycles. The van der Waals surface area contributed by atoms with Crippen LogP contribution in [0.4, 0.5) is 24.5 Å². The molecule has 0 atom stereocenters. The van der Waals surface area contributed by atoms with Crippen molar-refractivity contribution in [1.82, 2.24) is 5.32 Å². The van der Waals surface area contributed by atoms with Crippen molar-refractivity contribution in [2.24, 2.45) is 0 Å². The Morgan fingerprint density at radius 1 is 1.04 bits per heavy atom. The molecule has 0 fully saturated rings. The molecule has 2 aromatic carbocycles. The van der Waals surface area contributed by atoms with Crippen LogP contribution in [0.25, 0.3) is 5.57 Å². The standard InChI is InChI=1S/C18H16F3N3O3/c19-18(20,21)14(13-6-2-1-3-7-13)12-17(25)23-11-10-22-15-8-4-5-9-16(15)24(26)27/h1-9,12,22H,10-11H2,(H,23,25)/b14-12-. The molecule has 2 rings (SSSR count). The number of allylic oxidation sites excluding steroid dienone is 1. The van der Waals surface area contributed by atoms with Crippen molar-refractivity contribution in [3.63, 3.8) is 0 Å². The first-order valence-electron chi connectivity index (χ1n) is 7.88. The van der Waals surface area contributed by atoms with Crippen LogP contribution in [0.5, 0.6) is 0 Å². The van der Waals surface area contributed by atoms with E-state index in [1.807, 2.05) is 0 Å². The maximum absolute atomic E-state index is 13.2. The maximum atomic E-state index is 13.2. The lowest BCUT2D eigenvalue weighted by Crippen LogP contribution is -2.28. The molecule has 2 N–H and O–H groups in total. The van der Waals surface area contributed by atoms with E-state index >= 15 is 0 Å². The third-order valence-electron chi connectivity index (χ3n) is 3.51. The van der Waals surface area contributed by atoms with Gasteiger partial charge in [-0.1, -0.05) is 42.5 Å². The Balaban J connectivity index is 1.97. The van der Waals surface area contributed by atoms with Crippen molar-refractivity contribution in [2.45, 2.75) is 6.18 Å². The highest BCUT2D eigenvalue weighted by Gasteiger charge is 2.35. The molecule has 2 aromatic rings. The summed E-state index contributed by atoms with van der Waals surface area (Å²) in [5.41, 5.74) is -1.04. The monoisotopic (exact) mass is 379 g/mol. The second kappa shape index (κ2) is 8.84. The molecule has 0 saturated carbocycles. The number of hydrogen-bond donors (Lipinski definition) is 2. The van der Waals surface area contributed by atoms with Gasteiger partial charge in [0.2, 0.25) is 5.91 Å². The highest BCUT2D eigenvalue weighted by molar-refractivity contribution is 5.96. The number of alkyl halides is 3. The summed E-state index contributed by atoms with van der Waals surface area (Å²) in [5, 5.41) is 16.0. The van der Waals surface area contributed by atoms with Crippen LogP contribution in [0.3, 0.4) is 0 Å². The van der Waals surface area contributed by atoms with Crippen molar-refractivity contribution >= 4 is 22.9 Å². The Kier molecular flexibility index (Phi) is 6.53. The lowest BCUT2D eigenvalue weighted by Gasteiger charge is -2.12. The average Bonchev–Trinajstić information content (AvgIpc) is 2.63. The molecular formula is C18H16F3N3O3. The maximum Gasteiger partial charge on any atom is 0.417 e. The third-order valence-corrected chi connectivity index (χ3v) is 3.51. The molecular weight excluding hydrogens is 363 g/mol. The lowest BCUT2D eigenvalue weighted by molar-refractivity contribution is -0.384. The number of nitrogens with zero attached hydrogens (tertiary/aromatic N) is 1. The molecule has 0 aliphatic rings. The number of para-hydroxylation sites is 2. The molecule has 0 saturated heterocycles. The molecule has 27 heavy (non-hydrogen) atoms. The number of nitro groups is 1. The highest BCUT2D eigenvalue weighted by Crippen LogP contribution is 2.33. The summed E-state index contributed by atoms with van der Waals surface area (Å²) in [6.07, 6.45) is -4.18. The van der Waals surface area contributed by atoms with E-state index < -0.39 is 22.6 Å². The van der Waals surface area contributed by atoms with Crippen LogP contribution in [0.1, 0.15) is 5.56 Å². The number of hydrogen-bond acceptors (Lipinski definition) is 4. The van der Waals surface area contributed by atoms with E-state index in [2.05, 4.69) is 10.6 Å². The van der Waals surface area contributed by atoms with Crippen LogP contribution in [-0.2, 0) is 4.79 Å². The number of halogens is 3. The molecule has 0 radical (unpaired) electrons. The smallest absolute Gasteiger partial charge is 0.378 e. The number of nitrogens with one attached hydrogen (secondary N) is 2. The number of benzene rings is 2. The highest BCUT2D eigenvalue weighted by atomic mass is 19.4. The predicted octanol–water partition coefficient (Wildman–Crippen LogP) is 3.77. The molecule has 0 aromatic heterocycles. The van der Waals surface area contributed by atoms with E-state index in [9.17, 15) is 28.1 Å². The second-order valence-corrected chi connectivity index (χ2v) is 5.41. The molecule has 0 unspecified atom stereocenters. The molecule has 0 heterocycles. The number of nitro benzene ring substituents is 1. The lowest BCUT2D eigenvalue weighted by atomic mass is 10.1. The second-order valence-electron chi connectivity index (χ2n) is 5.41. The van der Waals surface area contributed by atoms with E-state index in [1.54, 1.807) is 12.1 Å². The Hall–Kier alpha value is -3.36. The minimum absolute atomic E-state index is 0.0126. The first-order valence-corrected chi connectivity index (χ1v) is 7.88. The fraction of sp³-hybridized carbons (Fsp3) is 0.167. The Labute approximate surface area is 152 Å². The minimum Gasteiger partial charge on any atom is -0.378 e. The summed E-state index contributed by atoms with van der Waals surface area (Å²) >= 11 is 0. The molecule has 0 spiro atoms. The van der Waals surface area contributed by atoms with Gasteiger partial charge in [-0.2, -0.15) is 13.2 Å². The zero-order chi connectivity index (χ0) is 19.9. The number of amides is 1. The van der Waals surface area contributed by atoms with Gasteiger partial charge in [-0.3, -0.25) is 14.9 Å². The molecule has 6 nitrogen and oxygen atoms in total. The van der Waals surface area contributed by atoms with Crippen LogP contribution in [0, 0.1) is 10.1 Å². The first kappa shape index (κ1) is 20.0. The van der Waals surface area contributed by atoms with Gasteiger partial charge in [-0.15, -0.1) is 0 Å². The summed E-state index contributed by atoms with van der Waals surface area (Å²) in [6.45, 7) is 0.0957. The predicted molar refractivity (Wildman–Crippen MR) is 95.1 cm³/mol. The van der Waals surface area contributed by atoms with E-state index in [1.165, 1.54) is 42.5 Å². The Morgan fingerprint density at radius 2 is 1.67 bits per heavy atom.